The van der Waals surface area contributed by atoms with Crippen LogP contribution in [0.15, 0.2) is 0 Å². The van der Waals surface area contributed by atoms with Crippen LogP contribution >= 0.6 is 0 Å². The summed E-state index contributed by atoms with van der Waals surface area (Å²) in [6, 6.07) is 0. The minimum atomic E-state index is 0.109. The first kappa shape index (κ1) is 26.3. The molecule has 27 heavy (non-hydrogen) atoms. The quantitative estimate of drug-likeness (QED) is 0.292. The van der Waals surface area contributed by atoms with Gasteiger partial charge in [0, 0.05) is 26.1 Å². The third-order valence-electron chi connectivity index (χ3n) is 3.82. The molecule has 0 aromatic carbocycles. The molecule has 0 atom stereocenters. The summed E-state index contributed by atoms with van der Waals surface area (Å²) in [7, 11) is 0. The fraction of sp³-hybridized carbons (Fsp3) is 0.950. The molecule has 0 fully saturated rings. The highest BCUT2D eigenvalue weighted by molar-refractivity contribution is 5.75. The van der Waals surface area contributed by atoms with E-state index in [4.69, 9.17) is 24.7 Å². The van der Waals surface area contributed by atoms with Gasteiger partial charge in [-0.25, -0.2) is 0 Å². The Balaban J connectivity index is 3.15. The van der Waals surface area contributed by atoms with Crippen molar-refractivity contribution < 1.29 is 23.7 Å². The highest BCUT2D eigenvalue weighted by Gasteiger charge is 2.01. The van der Waals surface area contributed by atoms with Crippen molar-refractivity contribution in [1.29, 1.82) is 0 Å². The van der Waals surface area contributed by atoms with Gasteiger partial charge < -0.3 is 30.0 Å². The highest BCUT2D eigenvalue weighted by atomic mass is 16.5. The largest absolute Gasteiger partial charge is 0.379 e. The van der Waals surface area contributed by atoms with Crippen LogP contribution in [0.2, 0.25) is 0 Å². The zero-order valence-electron chi connectivity index (χ0n) is 17.5. The van der Waals surface area contributed by atoms with Crippen LogP contribution in [0.3, 0.4) is 0 Å². The first-order valence-electron chi connectivity index (χ1n) is 10.5. The smallest absolute Gasteiger partial charge is 0.220 e. The summed E-state index contributed by atoms with van der Waals surface area (Å²) in [5.41, 5.74) is 5.31. The van der Waals surface area contributed by atoms with Gasteiger partial charge in [0.15, 0.2) is 0 Å². The van der Waals surface area contributed by atoms with Crippen LogP contribution in [-0.4, -0.2) is 71.3 Å². The Hall–Kier alpha value is -0.730. The van der Waals surface area contributed by atoms with E-state index in [1.807, 2.05) is 0 Å². The van der Waals surface area contributed by atoms with E-state index in [9.17, 15) is 4.79 Å². The molecule has 0 saturated heterocycles. The molecule has 1 amide bonds. The summed E-state index contributed by atoms with van der Waals surface area (Å²) in [4.78, 5) is 11.7. The molecule has 0 saturated carbocycles. The first-order valence-corrected chi connectivity index (χ1v) is 10.5. The Morgan fingerprint density at radius 3 is 1.96 bits per heavy atom. The summed E-state index contributed by atoms with van der Waals surface area (Å²) >= 11 is 0. The zero-order valence-corrected chi connectivity index (χ0v) is 17.5. The van der Waals surface area contributed by atoms with Crippen molar-refractivity contribution in [3.05, 3.63) is 0 Å². The molecule has 0 aromatic rings. The molecule has 0 spiro atoms. The maximum absolute atomic E-state index is 11.7. The van der Waals surface area contributed by atoms with Crippen LogP contribution in [0.5, 0.6) is 0 Å². The van der Waals surface area contributed by atoms with Crippen molar-refractivity contribution in [2.45, 2.75) is 64.9 Å². The van der Waals surface area contributed by atoms with Crippen LogP contribution < -0.4 is 11.1 Å². The summed E-state index contributed by atoms with van der Waals surface area (Å²) in [5, 5.41) is 2.88. The molecular weight excluding hydrogens is 348 g/mol. The lowest BCUT2D eigenvalue weighted by atomic mass is 10.1. The van der Waals surface area contributed by atoms with E-state index in [2.05, 4.69) is 19.2 Å². The Morgan fingerprint density at radius 1 is 0.778 bits per heavy atom. The fourth-order valence-corrected chi connectivity index (χ4v) is 2.39. The fourth-order valence-electron chi connectivity index (χ4n) is 2.39. The van der Waals surface area contributed by atoms with Gasteiger partial charge >= 0.3 is 0 Å². The number of ether oxygens (including phenoxy) is 4. The van der Waals surface area contributed by atoms with Gasteiger partial charge in [-0.1, -0.05) is 25.7 Å². The lowest BCUT2D eigenvalue weighted by Gasteiger charge is -2.08. The predicted octanol–water partition coefficient (Wildman–Crippen LogP) is 2.27. The standard InChI is InChI=1S/C20H42N2O5/c1-19(2)27-12-8-6-4-3-5-7-9-20(23)22-11-14-25-16-18-26-17-15-24-13-10-21/h19H,3-18,21H2,1-2H3,(H,22,23). The van der Waals surface area contributed by atoms with Gasteiger partial charge in [0.1, 0.15) is 0 Å². The second-order valence-electron chi connectivity index (χ2n) is 6.77. The molecule has 0 heterocycles. The molecule has 7 nitrogen and oxygen atoms in total. The van der Waals surface area contributed by atoms with Gasteiger partial charge in [-0.15, -0.1) is 0 Å². The molecule has 0 aliphatic heterocycles. The predicted molar refractivity (Wildman–Crippen MR) is 108 cm³/mol. The van der Waals surface area contributed by atoms with E-state index < -0.39 is 0 Å². The average molecular weight is 391 g/mol. The minimum Gasteiger partial charge on any atom is -0.379 e. The van der Waals surface area contributed by atoms with E-state index in [-0.39, 0.29) is 5.91 Å². The molecule has 0 aromatic heterocycles. The first-order chi connectivity index (χ1) is 13.2. The van der Waals surface area contributed by atoms with Crippen LogP contribution in [0, 0.1) is 0 Å². The third-order valence-corrected chi connectivity index (χ3v) is 3.82. The van der Waals surface area contributed by atoms with Crippen LogP contribution in [0.1, 0.15) is 58.8 Å². The number of nitrogens with one attached hydrogen (secondary N) is 1. The van der Waals surface area contributed by atoms with Gasteiger partial charge in [-0.3, -0.25) is 4.79 Å². The molecule has 0 aliphatic rings. The number of rotatable bonds is 21. The normalized spacial score (nSPS) is 11.3. The molecule has 0 rings (SSSR count). The molecule has 0 radical (unpaired) electrons. The number of carbonyl (C=O) groups is 1. The monoisotopic (exact) mass is 390 g/mol. The van der Waals surface area contributed by atoms with Crippen molar-refractivity contribution in [1.82, 2.24) is 5.32 Å². The van der Waals surface area contributed by atoms with Crippen molar-refractivity contribution in [3.63, 3.8) is 0 Å². The number of unbranched alkanes of at least 4 members (excludes halogenated alkanes) is 5. The minimum absolute atomic E-state index is 0.109. The maximum Gasteiger partial charge on any atom is 0.220 e. The molecule has 0 bridgehead atoms. The lowest BCUT2D eigenvalue weighted by Crippen LogP contribution is -2.27. The van der Waals surface area contributed by atoms with Gasteiger partial charge in [0.25, 0.3) is 0 Å². The molecule has 7 heteroatoms. The van der Waals surface area contributed by atoms with Crippen LogP contribution in [0.25, 0.3) is 0 Å². The van der Waals surface area contributed by atoms with Crippen molar-refractivity contribution >= 4 is 5.91 Å². The topological polar surface area (TPSA) is 92.0 Å². The highest BCUT2D eigenvalue weighted by Crippen LogP contribution is 2.07. The maximum atomic E-state index is 11.7. The Labute approximate surface area is 165 Å². The number of nitrogens with two attached hydrogens (primary N) is 1. The molecule has 0 aliphatic carbocycles. The van der Waals surface area contributed by atoms with E-state index in [0.29, 0.717) is 65.3 Å². The van der Waals surface area contributed by atoms with Gasteiger partial charge in [0.05, 0.1) is 45.7 Å². The second kappa shape index (κ2) is 21.6. The summed E-state index contributed by atoms with van der Waals surface area (Å²) in [6.45, 7) is 9.30. The second-order valence-corrected chi connectivity index (χ2v) is 6.77. The van der Waals surface area contributed by atoms with E-state index in [1.165, 1.54) is 19.3 Å². The van der Waals surface area contributed by atoms with Gasteiger partial charge in [0.2, 0.25) is 5.91 Å². The van der Waals surface area contributed by atoms with Crippen LogP contribution in [-0.2, 0) is 23.7 Å². The SMILES string of the molecule is CC(C)OCCCCCCCCC(=O)NCCOCCOCCOCCN. The van der Waals surface area contributed by atoms with Gasteiger partial charge in [-0.05, 0) is 26.7 Å². The van der Waals surface area contributed by atoms with Crippen molar-refractivity contribution in [2.75, 3.05) is 59.3 Å². The average Bonchev–Trinajstić information content (AvgIpc) is 2.64. The molecular formula is C20H42N2O5. The number of amides is 1. The van der Waals surface area contributed by atoms with E-state index in [1.54, 1.807) is 0 Å². The van der Waals surface area contributed by atoms with E-state index >= 15 is 0 Å². The Morgan fingerprint density at radius 2 is 1.33 bits per heavy atom. The summed E-state index contributed by atoms with van der Waals surface area (Å²) < 4.78 is 21.4. The van der Waals surface area contributed by atoms with Crippen molar-refractivity contribution in [2.24, 2.45) is 5.73 Å². The van der Waals surface area contributed by atoms with Crippen LogP contribution in [0.4, 0.5) is 0 Å². The molecule has 162 valence electrons. The zero-order chi connectivity index (χ0) is 20.0. The summed E-state index contributed by atoms with van der Waals surface area (Å²) in [6.07, 6.45) is 7.74. The van der Waals surface area contributed by atoms with E-state index in [0.717, 1.165) is 25.9 Å². The lowest BCUT2D eigenvalue weighted by molar-refractivity contribution is -0.121. The summed E-state index contributed by atoms with van der Waals surface area (Å²) in [5.74, 6) is 0.109. The molecule has 0 unspecified atom stereocenters. The number of carbonyl (C=O) groups excluding carboxylic acids is 1. The number of hydrogen-bond acceptors (Lipinski definition) is 6. The van der Waals surface area contributed by atoms with Gasteiger partial charge in [-0.2, -0.15) is 0 Å². The van der Waals surface area contributed by atoms with Crippen molar-refractivity contribution in [3.8, 4) is 0 Å². The Kier molecular flexibility index (Phi) is 21.0. The third kappa shape index (κ3) is 23.2. The Bertz CT molecular complexity index is 317. The molecule has 3 N–H and O–H groups in total. The number of hydrogen-bond donors (Lipinski definition) is 2.